The summed E-state index contributed by atoms with van der Waals surface area (Å²) in [5.74, 6) is -0.620. The van der Waals surface area contributed by atoms with Crippen LogP contribution in [0.15, 0.2) is 24.3 Å². The van der Waals surface area contributed by atoms with Crippen molar-refractivity contribution in [3.8, 4) is 11.8 Å². The van der Waals surface area contributed by atoms with Gasteiger partial charge in [0.15, 0.2) is 0 Å². The van der Waals surface area contributed by atoms with Crippen molar-refractivity contribution in [3.63, 3.8) is 0 Å². The Hall–Kier alpha value is -3.08. The zero-order valence-corrected chi connectivity index (χ0v) is 16.1. The van der Waals surface area contributed by atoms with Crippen molar-refractivity contribution in [3.05, 3.63) is 29.8 Å². The van der Waals surface area contributed by atoms with E-state index in [9.17, 15) is 19.6 Å². The molecule has 2 N–H and O–H groups in total. The van der Waals surface area contributed by atoms with Crippen molar-refractivity contribution in [1.82, 2.24) is 15.5 Å². The van der Waals surface area contributed by atoms with E-state index < -0.39 is 35.5 Å². The van der Waals surface area contributed by atoms with Gasteiger partial charge in [-0.3, -0.25) is 14.5 Å². The Morgan fingerprint density at radius 1 is 1.37 bits per heavy atom. The van der Waals surface area contributed by atoms with Gasteiger partial charge in [-0.2, -0.15) is 5.26 Å². The van der Waals surface area contributed by atoms with Crippen LogP contribution in [0, 0.1) is 17.2 Å². The van der Waals surface area contributed by atoms with Crippen molar-refractivity contribution in [2.24, 2.45) is 5.92 Å². The largest absolute Gasteiger partial charge is 0.497 e. The fourth-order valence-electron chi connectivity index (χ4n) is 2.73. The normalized spacial score (nSPS) is 21.4. The maximum atomic E-state index is 12.9. The van der Waals surface area contributed by atoms with Crippen molar-refractivity contribution in [1.29, 1.82) is 5.26 Å². The first-order valence-corrected chi connectivity index (χ1v) is 8.58. The number of benzene rings is 1. The second-order valence-corrected chi connectivity index (χ2v) is 7.19. The van der Waals surface area contributed by atoms with Crippen molar-refractivity contribution in [2.75, 3.05) is 13.7 Å². The Labute approximate surface area is 158 Å². The second-order valence-electron chi connectivity index (χ2n) is 7.19. The van der Waals surface area contributed by atoms with Gasteiger partial charge in [0.05, 0.1) is 13.2 Å². The predicted octanol–water partition coefficient (Wildman–Crippen LogP) is 1.52. The van der Waals surface area contributed by atoms with Crippen molar-refractivity contribution in [2.45, 2.75) is 38.8 Å². The van der Waals surface area contributed by atoms with Crippen molar-refractivity contribution >= 4 is 17.8 Å². The van der Waals surface area contributed by atoms with Gasteiger partial charge >= 0.3 is 6.03 Å². The maximum absolute atomic E-state index is 12.9. The van der Waals surface area contributed by atoms with Gasteiger partial charge in [0, 0.05) is 0 Å². The summed E-state index contributed by atoms with van der Waals surface area (Å²) in [5, 5.41) is 14.6. The molecule has 1 heterocycles. The summed E-state index contributed by atoms with van der Waals surface area (Å²) in [6, 6.07) is 8.16. The Morgan fingerprint density at radius 3 is 2.44 bits per heavy atom. The summed E-state index contributed by atoms with van der Waals surface area (Å²) in [4.78, 5) is 38.4. The molecule has 1 fully saturated rings. The summed E-state index contributed by atoms with van der Waals surface area (Å²) >= 11 is 0. The highest BCUT2D eigenvalue weighted by atomic mass is 16.5. The Kier molecular flexibility index (Phi) is 5.45. The molecule has 1 aromatic rings. The molecule has 8 nitrogen and oxygen atoms in total. The number of nitriles is 1. The van der Waals surface area contributed by atoms with E-state index >= 15 is 0 Å². The maximum Gasteiger partial charge on any atom is 0.325 e. The predicted molar refractivity (Wildman–Crippen MR) is 97.6 cm³/mol. The minimum Gasteiger partial charge on any atom is -0.497 e. The molecular weight excluding hydrogens is 348 g/mol. The molecule has 0 spiro atoms. The van der Waals surface area contributed by atoms with Crippen LogP contribution in [0.5, 0.6) is 5.75 Å². The highest BCUT2D eigenvalue weighted by Crippen LogP contribution is 2.30. The lowest BCUT2D eigenvalue weighted by atomic mass is 9.90. The van der Waals surface area contributed by atoms with Crippen LogP contribution in [0.3, 0.4) is 0 Å². The van der Waals surface area contributed by atoms with E-state index in [2.05, 4.69) is 16.7 Å². The minimum absolute atomic E-state index is 0.140. The zero-order valence-electron chi connectivity index (χ0n) is 16.1. The number of hydrogen-bond acceptors (Lipinski definition) is 5. The highest BCUT2D eigenvalue weighted by molar-refractivity contribution is 6.09. The van der Waals surface area contributed by atoms with Gasteiger partial charge in [0.1, 0.15) is 23.4 Å². The lowest BCUT2D eigenvalue weighted by Crippen LogP contribution is -2.52. The standard InChI is InChI=1S/C19H24N4O4/c1-12(2)18(3,11-20)21-15(24)10-23-16(25)19(4,22-17(23)26)13-6-8-14(27-5)9-7-13/h6-9,12H,10H2,1-5H3,(H,21,24)(H,22,26)/t18-,19-/m0/s1. The summed E-state index contributed by atoms with van der Waals surface area (Å²) in [7, 11) is 1.53. The van der Waals surface area contributed by atoms with E-state index in [0.717, 1.165) is 4.90 Å². The third-order valence-corrected chi connectivity index (χ3v) is 5.03. The lowest BCUT2D eigenvalue weighted by Gasteiger charge is -2.28. The Balaban J connectivity index is 2.18. The number of hydrogen-bond donors (Lipinski definition) is 2. The number of methoxy groups -OCH3 is 1. The number of ether oxygens (including phenoxy) is 1. The molecule has 1 aromatic carbocycles. The van der Waals surface area contributed by atoms with E-state index in [0.29, 0.717) is 11.3 Å². The molecule has 4 amide bonds. The molecule has 0 saturated carbocycles. The molecule has 2 atom stereocenters. The molecule has 144 valence electrons. The molecule has 0 aromatic heterocycles. The number of nitrogens with zero attached hydrogens (tertiary/aromatic N) is 2. The Bertz CT molecular complexity index is 799. The average molecular weight is 372 g/mol. The van der Waals surface area contributed by atoms with Gasteiger partial charge in [-0.25, -0.2) is 4.79 Å². The molecule has 27 heavy (non-hydrogen) atoms. The quantitative estimate of drug-likeness (QED) is 0.735. The van der Waals surface area contributed by atoms with E-state index in [-0.39, 0.29) is 5.92 Å². The Morgan fingerprint density at radius 2 is 1.96 bits per heavy atom. The van der Waals surface area contributed by atoms with Crippen LogP contribution in [-0.4, -0.2) is 41.9 Å². The number of imide groups is 1. The fourth-order valence-corrected chi connectivity index (χ4v) is 2.73. The van der Waals surface area contributed by atoms with Crippen LogP contribution in [0.1, 0.15) is 33.3 Å². The summed E-state index contributed by atoms with van der Waals surface area (Å²) in [6.07, 6.45) is 0. The first-order chi connectivity index (χ1) is 12.6. The average Bonchev–Trinajstić information content (AvgIpc) is 2.85. The number of amides is 4. The molecule has 1 aliphatic rings. The number of carbonyl (C=O) groups is 3. The summed E-state index contributed by atoms with van der Waals surface area (Å²) < 4.78 is 5.10. The lowest BCUT2D eigenvalue weighted by molar-refractivity contribution is -0.135. The van der Waals surface area contributed by atoms with Crippen LogP contribution in [0.2, 0.25) is 0 Å². The fraction of sp³-hybridized carbons (Fsp3) is 0.474. The zero-order chi connectivity index (χ0) is 20.4. The summed E-state index contributed by atoms with van der Waals surface area (Å²) in [6.45, 7) is 6.33. The van der Waals surface area contributed by atoms with Gasteiger partial charge in [-0.05, 0) is 37.5 Å². The molecule has 8 heteroatoms. The molecule has 1 saturated heterocycles. The van der Waals surface area contributed by atoms with Crippen LogP contribution >= 0.6 is 0 Å². The summed E-state index contributed by atoms with van der Waals surface area (Å²) in [5.41, 5.74) is -1.79. The van der Waals surface area contributed by atoms with Gasteiger partial charge in [0.2, 0.25) is 5.91 Å². The van der Waals surface area contributed by atoms with Crippen molar-refractivity contribution < 1.29 is 19.1 Å². The second kappa shape index (κ2) is 7.27. The van der Waals surface area contributed by atoms with Gasteiger partial charge < -0.3 is 15.4 Å². The van der Waals surface area contributed by atoms with Crippen LogP contribution in [-0.2, 0) is 15.1 Å². The van der Waals surface area contributed by atoms with E-state index in [1.807, 2.05) is 0 Å². The minimum atomic E-state index is -1.28. The molecular formula is C19H24N4O4. The number of nitrogens with one attached hydrogen (secondary N) is 2. The molecule has 0 radical (unpaired) electrons. The smallest absolute Gasteiger partial charge is 0.325 e. The topological polar surface area (TPSA) is 112 Å². The van der Waals surface area contributed by atoms with E-state index in [1.165, 1.54) is 7.11 Å². The van der Waals surface area contributed by atoms with Crippen LogP contribution in [0.25, 0.3) is 0 Å². The molecule has 1 aliphatic heterocycles. The SMILES string of the molecule is COc1ccc([C@]2(C)NC(=O)N(CC(=O)N[C@@](C)(C#N)C(C)C)C2=O)cc1. The van der Waals surface area contributed by atoms with Crippen LogP contribution < -0.4 is 15.4 Å². The first-order valence-electron chi connectivity index (χ1n) is 8.58. The highest BCUT2D eigenvalue weighted by Gasteiger charge is 2.49. The third kappa shape index (κ3) is 3.72. The molecule has 0 aliphatic carbocycles. The number of carbonyl (C=O) groups excluding carboxylic acids is 3. The van der Waals surface area contributed by atoms with Gasteiger partial charge in [-0.1, -0.05) is 26.0 Å². The monoisotopic (exact) mass is 372 g/mol. The molecule has 0 unspecified atom stereocenters. The number of urea groups is 1. The number of rotatable bonds is 6. The molecule has 0 bridgehead atoms. The van der Waals surface area contributed by atoms with Crippen LogP contribution in [0.4, 0.5) is 4.79 Å². The van der Waals surface area contributed by atoms with Gasteiger partial charge in [0.25, 0.3) is 5.91 Å². The molecule has 2 rings (SSSR count). The first kappa shape index (κ1) is 20.2. The third-order valence-electron chi connectivity index (χ3n) is 5.03. The van der Waals surface area contributed by atoms with Gasteiger partial charge in [-0.15, -0.1) is 0 Å². The van der Waals surface area contributed by atoms with E-state index in [1.54, 1.807) is 52.0 Å². The van der Waals surface area contributed by atoms with E-state index in [4.69, 9.17) is 4.74 Å².